The first-order valence-corrected chi connectivity index (χ1v) is 2.85. The first-order chi connectivity index (χ1) is 4.29. The number of anilines is 1. The van der Waals surface area contributed by atoms with Crippen LogP contribution in [0.5, 0.6) is 0 Å². The van der Waals surface area contributed by atoms with Crippen molar-refractivity contribution in [2.24, 2.45) is 0 Å². The lowest BCUT2D eigenvalue weighted by Gasteiger charge is -1.65. The number of nitrogen functional groups attached to an aromatic ring is 1. The zero-order valence-electron chi connectivity index (χ0n) is 5.88. The van der Waals surface area contributed by atoms with Crippen LogP contribution in [0, 0.1) is 6.92 Å². The zero-order chi connectivity index (χ0) is 7.28. The Morgan fingerprint density at radius 1 is 1.44 bits per heavy atom. The zero-order valence-corrected chi connectivity index (χ0v) is 5.88. The monoisotopic (exact) mass is 129 g/mol. The van der Waals surface area contributed by atoms with E-state index in [1.54, 1.807) is 6.92 Å². The summed E-state index contributed by atoms with van der Waals surface area (Å²) in [6.45, 7) is 5.68. The summed E-state index contributed by atoms with van der Waals surface area (Å²) in [5.74, 6) is 0.690. The molecule has 0 fully saturated rings. The molecular formula is C5H11N3O. The third-order valence-corrected chi connectivity index (χ3v) is 0.543. The first kappa shape index (κ1) is 7.94. The number of aromatic nitrogens is 2. The molecule has 0 atom stereocenters. The molecule has 0 saturated carbocycles. The van der Waals surface area contributed by atoms with Crippen molar-refractivity contribution in [3.8, 4) is 0 Å². The average molecular weight is 129 g/mol. The van der Waals surface area contributed by atoms with Gasteiger partial charge >= 0.3 is 0 Å². The Hall–Kier alpha value is -1.06. The SMILES string of the molecule is CC.Cc1nc(N)no1. The lowest BCUT2D eigenvalue weighted by Crippen LogP contribution is -1.84. The van der Waals surface area contributed by atoms with E-state index in [4.69, 9.17) is 5.73 Å². The van der Waals surface area contributed by atoms with Crippen molar-refractivity contribution in [1.82, 2.24) is 10.1 Å². The van der Waals surface area contributed by atoms with E-state index in [2.05, 4.69) is 14.7 Å². The van der Waals surface area contributed by atoms with Gasteiger partial charge in [0.05, 0.1) is 0 Å². The predicted molar refractivity (Wildman–Crippen MR) is 34.8 cm³/mol. The van der Waals surface area contributed by atoms with Crippen LogP contribution in [-0.4, -0.2) is 10.1 Å². The fourth-order valence-corrected chi connectivity index (χ4v) is 0.315. The molecule has 0 spiro atoms. The number of rotatable bonds is 0. The summed E-state index contributed by atoms with van der Waals surface area (Å²) < 4.78 is 4.48. The Balaban J connectivity index is 0.000000291. The maximum absolute atomic E-state index is 5.06. The fourth-order valence-electron chi connectivity index (χ4n) is 0.315. The molecule has 0 aromatic carbocycles. The predicted octanol–water partition coefficient (Wildman–Crippen LogP) is 0.986. The molecule has 1 aromatic rings. The van der Waals surface area contributed by atoms with Gasteiger partial charge in [0.2, 0.25) is 5.89 Å². The molecule has 1 heterocycles. The first-order valence-electron chi connectivity index (χ1n) is 2.85. The van der Waals surface area contributed by atoms with Gasteiger partial charge in [0, 0.05) is 6.92 Å². The molecule has 0 aliphatic carbocycles. The van der Waals surface area contributed by atoms with Crippen LogP contribution in [0.25, 0.3) is 0 Å². The summed E-state index contributed by atoms with van der Waals surface area (Å²) in [5, 5.41) is 3.31. The summed E-state index contributed by atoms with van der Waals surface area (Å²) >= 11 is 0. The Labute approximate surface area is 54.1 Å². The Bertz CT molecular complexity index is 144. The topological polar surface area (TPSA) is 64.9 Å². The van der Waals surface area contributed by atoms with E-state index in [0.29, 0.717) is 5.89 Å². The van der Waals surface area contributed by atoms with Crippen molar-refractivity contribution >= 4 is 5.95 Å². The van der Waals surface area contributed by atoms with Crippen LogP contribution in [0.4, 0.5) is 5.95 Å². The van der Waals surface area contributed by atoms with Crippen molar-refractivity contribution in [3.05, 3.63) is 5.89 Å². The molecule has 0 bridgehead atoms. The number of hydrogen-bond acceptors (Lipinski definition) is 4. The van der Waals surface area contributed by atoms with Crippen LogP contribution >= 0.6 is 0 Å². The second-order valence-corrected chi connectivity index (χ2v) is 1.17. The highest BCUT2D eigenvalue weighted by atomic mass is 16.5. The summed E-state index contributed by atoms with van der Waals surface area (Å²) in [5.41, 5.74) is 5.06. The molecule has 0 unspecified atom stereocenters. The molecule has 0 aliphatic heterocycles. The number of hydrogen-bond donors (Lipinski definition) is 1. The Kier molecular flexibility index (Phi) is 3.43. The molecule has 4 nitrogen and oxygen atoms in total. The van der Waals surface area contributed by atoms with Gasteiger partial charge in [-0.1, -0.05) is 13.8 Å². The van der Waals surface area contributed by atoms with Gasteiger partial charge in [0.1, 0.15) is 0 Å². The minimum atomic E-state index is 0.192. The second-order valence-electron chi connectivity index (χ2n) is 1.17. The minimum absolute atomic E-state index is 0.192. The largest absolute Gasteiger partial charge is 0.365 e. The van der Waals surface area contributed by atoms with Crippen LogP contribution in [0.3, 0.4) is 0 Å². The van der Waals surface area contributed by atoms with Crippen LogP contribution in [0.1, 0.15) is 19.7 Å². The maximum Gasteiger partial charge on any atom is 0.260 e. The molecule has 0 radical (unpaired) electrons. The Morgan fingerprint density at radius 2 is 2.00 bits per heavy atom. The van der Waals surface area contributed by atoms with Crippen LogP contribution < -0.4 is 5.73 Å². The van der Waals surface area contributed by atoms with Gasteiger partial charge < -0.3 is 10.3 Å². The van der Waals surface area contributed by atoms with E-state index in [9.17, 15) is 0 Å². The standard InChI is InChI=1S/C3H5N3O.C2H6/c1-2-5-3(4)6-7-2;1-2/h1H3,(H2,4,6);1-2H3. The number of aryl methyl sites for hydroxylation is 1. The van der Waals surface area contributed by atoms with E-state index in [1.807, 2.05) is 13.8 Å². The molecular weight excluding hydrogens is 118 g/mol. The van der Waals surface area contributed by atoms with E-state index >= 15 is 0 Å². The third-order valence-electron chi connectivity index (χ3n) is 0.543. The van der Waals surface area contributed by atoms with E-state index in [1.165, 1.54) is 0 Å². The summed E-state index contributed by atoms with van der Waals surface area (Å²) in [4.78, 5) is 3.61. The van der Waals surface area contributed by atoms with E-state index in [0.717, 1.165) is 0 Å². The van der Waals surface area contributed by atoms with Crippen molar-refractivity contribution < 1.29 is 4.52 Å². The van der Waals surface area contributed by atoms with Gasteiger partial charge in [0.15, 0.2) is 0 Å². The van der Waals surface area contributed by atoms with Crippen molar-refractivity contribution in [3.63, 3.8) is 0 Å². The second kappa shape index (κ2) is 3.88. The smallest absolute Gasteiger partial charge is 0.260 e. The van der Waals surface area contributed by atoms with Crippen molar-refractivity contribution in [1.29, 1.82) is 0 Å². The molecule has 0 aliphatic rings. The molecule has 1 rings (SSSR count). The molecule has 9 heavy (non-hydrogen) atoms. The van der Waals surface area contributed by atoms with Gasteiger partial charge in [-0.15, -0.1) is 0 Å². The average Bonchev–Trinajstić information content (AvgIpc) is 2.20. The summed E-state index contributed by atoms with van der Waals surface area (Å²) in [6.07, 6.45) is 0. The number of nitrogens with two attached hydrogens (primary N) is 1. The maximum atomic E-state index is 5.06. The normalized spacial score (nSPS) is 7.89. The highest BCUT2D eigenvalue weighted by molar-refractivity contribution is 5.09. The van der Waals surface area contributed by atoms with Crippen molar-refractivity contribution in [2.75, 3.05) is 5.73 Å². The summed E-state index contributed by atoms with van der Waals surface area (Å²) in [7, 11) is 0. The van der Waals surface area contributed by atoms with Gasteiger partial charge in [-0.25, -0.2) is 0 Å². The molecule has 1 aromatic heterocycles. The number of nitrogens with zero attached hydrogens (tertiary/aromatic N) is 2. The lowest BCUT2D eigenvalue weighted by molar-refractivity contribution is 0.395. The van der Waals surface area contributed by atoms with Gasteiger partial charge in [-0.2, -0.15) is 4.98 Å². The molecule has 52 valence electrons. The fraction of sp³-hybridized carbons (Fsp3) is 0.600. The van der Waals surface area contributed by atoms with Crippen LogP contribution in [-0.2, 0) is 0 Å². The molecule has 0 saturated heterocycles. The lowest BCUT2D eigenvalue weighted by atomic mass is 10.8. The summed E-state index contributed by atoms with van der Waals surface area (Å²) in [6, 6.07) is 0. The highest BCUT2D eigenvalue weighted by Crippen LogP contribution is 1.92. The quantitative estimate of drug-likeness (QED) is 0.567. The van der Waals surface area contributed by atoms with Gasteiger partial charge in [0.25, 0.3) is 5.95 Å². The van der Waals surface area contributed by atoms with Gasteiger partial charge in [-0.3, -0.25) is 0 Å². The molecule has 2 N–H and O–H groups in total. The van der Waals surface area contributed by atoms with E-state index < -0.39 is 0 Å². The van der Waals surface area contributed by atoms with E-state index in [-0.39, 0.29) is 5.95 Å². The van der Waals surface area contributed by atoms with Crippen LogP contribution in [0.15, 0.2) is 4.52 Å². The van der Waals surface area contributed by atoms with Crippen molar-refractivity contribution in [2.45, 2.75) is 20.8 Å². The van der Waals surface area contributed by atoms with Gasteiger partial charge in [-0.05, 0) is 5.16 Å². The highest BCUT2D eigenvalue weighted by Gasteiger charge is 1.90. The Morgan fingerprint density at radius 3 is 2.11 bits per heavy atom. The van der Waals surface area contributed by atoms with Crippen LogP contribution in [0.2, 0.25) is 0 Å². The third kappa shape index (κ3) is 2.69. The molecule has 4 heteroatoms. The molecule has 0 amide bonds. The minimum Gasteiger partial charge on any atom is -0.365 e.